The normalized spacial score (nSPS) is 11.6. The van der Waals surface area contributed by atoms with Crippen molar-refractivity contribution in [2.24, 2.45) is 4.99 Å². The van der Waals surface area contributed by atoms with Crippen molar-refractivity contribution >= 4 is 50.9 Å². The van der Waals surface area contributed by atoms with Crippen LogP contribution in [0.4, 0.5) is 11.4 Å². The van der Waals surface area contributed by atoms with Gasteiger partial charge in [0.2, 0.25) is 0 Å². The summed E-state index contributed by atoms with van der Waals surface area (Å²) in [5, 5.41) is 11.2. The van der Waals surface area contributed by atoms with E-state index < -0.39 is 4.92 Å². The Balaban J connectivity index is 1.80. The van der Waals surface area contributed by atoms with E-state index in [-0.39, 0.29) is 5.69 Å². The van der Waals surface area contributed by atoms with Crippen LogP contribution in [0.15, 0.2) is 51.8 Å². The molecule has 0 unspecified atom stereocenters. The van der Waals surface area contributed by atoms with Crippen molar-refractivity contribution in [1.29, 1.82) is 0 Å². The second-order valence-corrected chi connectivity index (χ2v) is 8.26. The quantitative estimate of drug-likeness (QED) is 0.263. The molecule has 0 atom stereocenters. The van der Waals surface area contributed by atoms with Crippen molar-refractivity contribution in [3.8, 4) is 0 Å². The number of hydrogen-bond acceptors (Lipinski definition) is 6. The number of hydrogen-bond donors (Lipinski definition) is 0. The van der Waals surface area contributed by atoms with Gasteiger partial charge in [0, 0.05) is 23.6 Å². The first-order chi connectivity index (χ1) is 11.5. The highest BCUT2D eigenvalue weighted by molar-refractivity contribution is 8.01. The maximum atomic E-state index is 10.7. The smallest absolute Gasteiger partial charge is 0.258 e. The lowest BCUT2D eigenvalue weighted by Crippen LogP contribution is -1.88. The zero-order chi connectivity index (χ0) is 17.1. The predicted molar refractivity (Wildman–Crippen MR) is 101 cm³/mol. The van der Waals surface area contributed by atoms with Crippen LogP contribution in [0.3, 0.4) is 0 Å². The molecular weight excluding hydrogens is 342 g/mol. The summed E-state index contributed by atoms with van der Waals surface area (Å²) in [6.45, 7) is 4.30. The van der Waals surface area contributed by atoms with Crippen molar-refractivity contribution in [1.82, 2.24) is 4.98 Å². The zero-order valence-corrected chi connectivity index (χ0v) is 14.8. The lowest BCUT2D eigenvalue weighted by molar-refractivity contribution is -0.384. The topological polar surface area (TPSA) is 68.4 Å². The van der Waals surface area contributed by atoms with Crippen LogP contribution in [-0.4, -0.2) is 21.4 Å². The Morgan fingerprint density at radius 1 is 1.25 bits per heavy atom. The zero-order valence-electron chi connectivity index (χ0n) is 13.2. The summed E-state index contributed by atoms with van der Waals surface area (Å²) in [5.74, 6) is 0. The summed E-state index contributed by atoms with van der Waals surface area (Å²) in [7, 11) is 0. The minimum atomic E-state index is -0.411. The predicted octanol–water partition coefficient (Wildman–Crippen LogP) is 5.46. The lowest BCUT2D eigenvalue weighted by atomic mass is 10.2. The minimum absolute atomic E-state index is 0.0772. The molecular formula is C17H15N3O2S2. The molecule has 0 aliphatic heterocycles. The second-order valence-electron chi connectivity index (χ2n) is 5.41. The number of non-ortho nitro benzene ring substituents is 1. The van der Waals surface area contributed by atoms with Gasteiger partial charge in [0.05, 0.1) is 20.8 Å². The van der Waals surface area contributed by atoms with Gasteiger partial charge in [-0.15, -0.1) is 11.3 Å². The number of nitro groups is 1. The van der Waals surface area contributed by atoms with Crippen molar-refractivity contribution in [3.05, 3.63) is 58.1 Å². The van der Waals surface area contributed by atoms with E-state index in [9.17, 15) is 10.1 Å². The van der Waals surface area contributed by atoms with Gasteiger partial charge >= 0.3 is 0 Å². The number of fused-ring (bicyclic) bond motifs is 1. The van der Waals surface area contributed by atoms with E-state index in [1.54, 1.807) is 41.4 Å². The van der Waals surface area contributed by atoms with Crippen LogP contribution in [0.25, 0.3) is 10.2 Å². The standard InChI is InChI=1S/C17H15N3O2S2/c1-11(2)23-17-19-15-8-5-13(9-16(15)24-17)18-10-12-3-6-14(7-4-12)20(21)22/h3-11H,1-2H3. The molecule has 3 rings (SSSR count). The van der Waals surface area contributed by atoms with E-state index in [1.807, 2.05) is 18.2 Å². The molecule has 0 saturated heterocycles. The monoisotopic (exact) mass is 357 g/mol. The Labute approximate surface area is 147 Å². The maximum Gasteiger partial charge on any atom is 0.269 e. The average Bonchev–Trinajstić information content (AvgIpc) is 2.93. The van der Waals surface area contributed by atoms with E-state index >= 15 is 0 Å². The van der Waals surface area contributed by atoms with E-state index in [2.05, 4.69) is 23.8 Å². The Bertz CT molecular complexity index is 902. The van der Waals surface area contributed by atoms with Gasteiger partial charge in [-0.2, -0.15) is 0 Å². The Morgan fingerprint density at radius 2 is 2.00 bits per heavy atom. The van der Waals surface area contributed by atoms with Gasteiger partial charge in [0.15, 0.2) is 4.34 Å². The molecule has 122 valence electrons. The molecule has 7 heteroatoms. The maximum absolute atomic E-state index is 10.7. The highest BCUT2D eigenvalue weighted by Gasteiger charge is 2.07. The fraction of sp³-hybridized carbons (Fsp3) is 0.176. The van der Waals surface area contributed by atoms with Crippen LogP contribution in [0.2, 0.25) is 0 Å². The van der Waals surface area contributed by atoms with Crippen molar-refractivity contribution in [2.75, 3.05) is 0 Å². The highest BCUT2D eigenvalue weighted by atomic mass is 32.2. The molecule has 0 N–H and O–H groups in total. The molecule has 0 amide bonds. The molecule has 0 bridgehead atoms. The molecule has 0 spiro atoms. The summed E-state index contributed by atoms with van der Waals surface area (Å²) >= 11 is 3.43. The molecule has 1 aromatic heterocycles. The molecule has 2 aromatic carbocycles. The summed E-state index contributed by atoms with van der Waals surface area (Å²) in [5.41, 5.74) is 2.72. The second kappa shape index (κ2) is 7.11. The molecule has 0 radical (unpaired) electrons. The summed E-state index contributed by atoms with van der Waals surface area (Å²) in [4.78, 5) is 19.3. The molecule has 0 aliphatic carbocycles. The number of rotatable bonds is 5. The van der Waals surface area contributed by atoms with Gasteiger partial charge < -0.3 is 0 Å². The molecule has 1 heterocycles. The number of nitro benzene ring substituents is 1. The van der Waals surface area contributed by atoms with E-state index in [0.29, 0.717) is 5.25 Å². The first kappa shape index (κ1) is 16.6. The third-order valence-corrected chi connectivity index (χ3v) is 5.27. The third-order valence-electron chi connectivity index (χ3n) is 3.16. The fourth-order valence-electron chi connectivity index (χ4n) is 2.06. The van der Waals surface area contributed by atoms with Crippen molar-refractivity contribution in [3.63, 3.8) is 0 Å². The summed E-state index contributed by atoms with van der Waals surface area (Å²) in [6, 6.07) is 12.2. The van der Waals surface area contributed by atoms with Gasteiger partial charge in [-0.3, -0.25) is 15.1 Å². The number of aromatic nitrogens is 1. The number of aliphatic imine (C=N–C) groups is 1. The minimum Gasteiger partial charge on any atom is -0.258 e. The fourth-order valence-corrected chi connectivity index (χ4v) is 4.38. The highest BCUT2D eigenvalue weighted by Crippen LogP contribution is 2.33. The van der Waals surface area contributed by atoms with E-state index in [0.717, 1.165) is 25.8 Å². The number of nitrogens with zero attached hydrogens (tertiary/aromatic N) is 3. The first-order valence-corrected chi connectivity index (χ1v) is 9.06. The lowest BCUT2D eigenvalue weighted by Gasteiger charge is -1.97. The third kappa shape index (κ3) is 3.98. The molecule has 3 aromatic rings. The van der Waals surface area contributed by atoms with Crippen LogP contribution in [-0.2, 0) is 0 Å². The van der Waals surface area contributed by atoms with Crippen molar-refractivity contribution < 1.29 is 4.92 Å². The van der Waals surface area contributed by atoms with Crippen LogP contribution < -0.4 is 0 Å². The van der Waals surface area contributed by atoms with Gasteiger partial charge in [0.1, 0.15) is 0 Å². The van der Waals surface area contributed by atoms with Gasteiger partial charge in [0.25, 0.3) is 5.69 Å². The van der Waals surface area contributed by atoms with Gasteiger partial charge in [-0.05, 0) is 35.9 Å². The number of thioether (sulfide) groups is 1. The van der Waals surface area contributed by atoms with Crippen molar-refractivity contribution in [2.45, 2.75) is 23.4 Å². The van der Waals surface area contributed by atoms with Crippen LogP contribution >= 0.6 is 23.1 Å². The molecule has 0 saturated carbocycles. The average molecular weight is 357 g/mol. The van der Waals surface area contributed by atoms with Crippen LogP contribution in [0.5, 0.6) is 0 Å². The van der Waals surface area contributed by atoms with Gasteiger partial charge in [-0.1, -0.05) is 25.6 Å². The molecule has 0 fully saturated rings. The molecule has 24 heavy (non-hydrogen) atoms. The van der Waals surface area contributed by atoms with E-state index in [1.165, 1.54) is 12.1 Å². The Hall–Kier alpha value is -2.25. The Morgan fingerprint density at radius 3 is 2.67 bits per heavy atom. The summed E-state index contributed by atoms with van der Waals surface area (Å²) in [6.07, 6.45) is 1.70. The van der Waals surface area contributed by atoms with Crippen LogP contribution in [0, 0.1) is 10.1 Å². The SMILES string of the molecule is CC(C)Sc1nc2ccc(N=Cc3ccc([N+](=O)[O-])cc3)cc2s1. The summed E-state index contributed by atoms with van der Waals surface area (Å²) < 4.78 is 2.17. The first-order valence-electron chi connectivity index (χ1n) is 7.37. The van der Waals surface area contributed by atoms with E-state index in [4.69, 9.17) is 0 Å². The Kier molecular flexibility index (Phi) is 4.92. The van der Waals surface area contributed by atoms with Gasteiger partial charge in [-0.25, -0.2) is 4.98 Å². The largest absolute Gasteiger partial charge is 0.269 e. The molecule has 0 aliphatic rings. The molecule has 5 nitrogen and oxygen atoms in total. The number of thiazole rings is 1. The number of benzene rings is 2. The van der Waals surface area contributed by atoms with Crippen LogP contribution in [0.1, 0.15) is 19.4 Å².